The van der Waals surface area contributed by atoms with Gasteiger partial charge in [0.25, 0.3) is 0 Å². The third kappa shape index (κ3) is 102. The molecule has 0 saturated carbocycles. The van der Waals surface area contributed by atoms with Gasteiger partial charge in [0.1, 0.15) is 0 Å². The minimum Gasteiger partial charge on any atom is -0.870 e. The van der Waals surface area contributed by atoms with Gasteiger partial charge < -0.3 is 24.7 Å². The SMILES string of the molecule is O=P([O-])([O-])O.[Ca+2].[Li+].[OH-]. The van der Waals surface area contributed by atoms with Gasteiger partial charge in [-0.25, -0.2) is 0 Å². The molecule has 0 aliphatic carbocycles. The molecule has 0 atom stereocenters. The summed E-state index contributed by atoms with van der Waals surface area (Å²) in [6.07, 6.45) is 0. The maximum Gasteiger partial charge on any atom is 2.00 e. The van der Waals surface area contributed by atoms with Gasteiger partial charge in [0.15, 0.2) is 0 Å². The van der Waals surface area contributed by atoms with Crippen LogP contribution in [0.4, 0.5) is 0 Å². The van der Waals surface area contributed by atoms with Crippen LogP contribution < -0.4 is 28.6 Å². The van der Waals surface area contributed by atoms with Crippen LogP contribution in [0.25, 0.3) is 0 Å². The fourth-order valence-corrected chi connectivity index (χ4v) is 0. The van der Waals surface area contributed by atoms with Gasteiger partial charge in [-0.15, -0.1) is 0 Å². The Morgan fingerprint density at radius 2 is 1.38 bits per heavy atom. The van der Waals surface area contributed by atoms with E-state index >= 15 is 0 Å². The molecule has 0 aromatic heterocycles. The van der Waals surface area contributed by atoms with Crippen molar-refractivity contribution in [2.75, 3.05) is 0 Å². The fraction of sp³-hybridized carbons (Fsp3) is 0. The first-order valence-electron chi connectivity index (χ1n) is 0.748. The smallest absolute Gasteiger partial charge is 0.870 e. The number of hydrogen-bond donors (Lipinski definition) is 1. The van der Waals surface area contributed by atoms with E-state index in [0.717, 1.165) is 0 Å². The van der Waals surface area contributed by atoms with E-state index in [-0.39, 0.29) is 62.1 Å². The van der Waals surface area contributed by atoms with Gasteiger partial charge in [-0.1, -0.05) is 0 Å². The molecule has 0 unspecified atom stereocenters. The van der Waals surface area contributed by atoms with Gasteiger partial charge in [0.05, 0.1) is 7.82 Å². The van der Waals surface area contributed by atoms with E-state index in [1.165, 1.54) is 0 Å². The van der Waals surface area contributed by atoms with Crippen molar-refractivity contribution in [1.82, 2.24) is 0 Å². The van der Waals surface area contributed by atoms with Crippen molar-refractivity contribution in [2.45, 2.75) is 0 Å². The average molecular weight is 160 g/mol. The summed E-state index contributed by atoms with van der Waals surface area (Å²) in [5.41, 5.74) is 0. The Bertz CT molecular complexity index is 58.6. The molecular weight excluding hydrogens is 158 g/mol. The summed E-state index contributed by atoms with van der Waals surface area (Å²) < 4.78 is 8.66. The third-order valence-corrected chi connectivity index (χ3v) is 0. The van der Waals surface area contributed by atoms with Crippen LogP contribution in [0.1, 0.15) is 0 Å². The van der Waals surface area contributed by atoms with Gasteiger partial charge in [0.2, 0.25) is 0 Å². The van der Waals surface area contributed by atoms with Crippen molar-refractivity contribution >= 4 is 45.6 Å². The van der Waals surface area contributed by atoms with E-state index in [1.807, 2.05) is 0 Å². The largest absolute Gasteiger partial charge is 2.00 e. The molecule has 8 heteroatoms. The molecule has 0 aromatic rings. The topological polar surface area (TPSA) is 113 Å². The van der Waals surface area contributed by atoms with Gasteiger partial charge in [-0.3, -0.25) is 0 Å². The van der Waals surface area contributed by atoms with E-state index in [2.05, 4.69) is 0 Å². The zero-order valence-electron chi connectivity index (χ0n) is 4.27. The van der Waals surface area contributed by atoms with Gasteiger partial charge in [0, 0.05) is 0 Å². The molecule has 0 aromatic carbocycles. The summed E-state index contributed by atoms with van der Waals surface area (Å²) in [7, 11) is -5.14. The van der Waals surface area contributed by atoms with Crippen molar-refractivity contribution in [3.05, 3.63) is 0 Å². The number of phosphoric acid groups is 1. The minimum atomic E-state index is -5.14. The molecule has 0 amide bonds. The summed E-state index contributed by atoms with van der Waals surface area (Å²) in [6, 6.07) is 0. The van der Waals surface area contributed by atoms with E-state index in [4.69, 9.17) is 19.2 Å². The average Bonchev–Trinajstić information content (AvgIpc) is 0.722. The Hall–Kier alpha value is 1.93. The summed E-state index contributed by atoms with van der Waals surface area (Å²) in [4.78, 5) is 24.3. The molecule has 8 heavy (non-hydrogen) atoms. The quantitative estimate of drug-likeness (QED) is 0.280. The Balaban J connectivity index is -0.0000000267. The molecule has 0 rings (SSSR count). The fourth-order valence-electron chi connectivity index (χ4n) is 0. The van der Waals surface area contributed by atoms with Gasteiger partial charge in [-0.2, -0.15) is 0 Å². The van der Waals surface area contributed by atoms with Crippen molar-refractivity contribution in [1.29, 1.82) is 0 Å². The van der Waals surface area contributed by atoms with E-state index in [1.54, 1.807) is 0 Å². The van der Waals surface area contributed by atoms with Crippen LogP contribution in [0.5, 0.6) is 0 Å². The van der Waals surface area contributed by atoms with Crippen LogP contribution in [0, 0.1) is 0 Å². The second-order valence-electron chi connectivity index (χ2n) is 0.469. The normalized spacial score (nSPS) is 7.38. The molecule has 2 N–H and O–H groups in total. The molecule has 40 valence electrons. The maximum atomic E-state index is 8.66. The Morgan fingerprint density at radius 1 is 1.38 bits per heavy atom. The van der Waals surface area contributed by atoms with Crippen molar-refractivity contribution in [3.63, 3.8) is 0 Å². The summed E-state index contributed by atoms with van der Waals surface area (Å²) >= 11 is 0. The molecule has 0 aliphatic rings. The molecule has 0 spiro atoms. The van der Waals surface area contributed by atoms with Crippen LogP contribution in [0.15, 0.2) is 0 Å². The van der Waals surface area contributed by atoms with Crippen molar-refractivity contribution < 1.29 is 43.6 Å². The molecule has 0 fully saturated rings. The second kappa shape index (κ2) is 8.93. The van der Waals surface area contributed by atoms with Crippen LogP contribution in [-0.2, 0) is 4.57 Å². The summed E-state index contributed by atoms with van der Waals surface area (Å²) in [6.45, 7) is 0. The summed E-state index contributed by atoms with van der Waals surface area (Å²) in [5, 5.41) is 0. The van der Waals surface area contributed by atoms with E-state index < -0.39 is 7.82 Å². The number of rotatable bonds is 0. The first-order chi connectivity index (χ1) is 2.00. The Labute approximate surface area is 88.2 Å². The third-order valence-electron chi connectivity index (χ3n) is 0. The zero-order valence-corrected chi connectivity index (χ0v) is 7.38. The minimum absolute atomic E-state index is 0. The van der Waals surface area contributed by atoms with Crippen LogP contribution >= 0.6 is 7.82 Å². The van der Waals surface area contributed by atoms with Gasteiger partial charge in [-0.05, 0) is 0 Å². The molecule has 0 bridgehead atoms. The first-order valence-corrected chi connectivity index (χ1v) is 2.24. The molecular formula is H2CaLiO5P. The van der Waals surface area contributed by atoms with Crippen LogP contribution in [0.2, 0.25) is 0 Å². The molecule has 0 radical (unpaired) electrons. The number of hydrogen-bond acceptors (Lipinski definition) is 4. The first kappa shape index (κ1) is 22.5. The monoisotopic (exact) mass is 160 g/mol. The van der Waals surface area contributed by atoms with Gasteiger partial charge >= 0.3 is 56.6 Å². The molecule has 0 heterocycles. The Morgan fingerprint density at radius 3 is 1.38 bits per heavy atom. The standard InChI is InChI=1S/Ca.Li.H3O4P.H2O/c;;1-5(2,3)4;/h;;(H3,1,2,3,4);1H2/q+2;+1;;/p-3. The Kier molecular flexibility index (Phi) is 25.1. The maximum absolute atomic E-state index is 8.66. The molecule has 0 aliphatic heterocycles. The molecule has 5 nitrogen and oxygen atoms in total. The van der Waals surface area contributed by atoms with Crippen molar-refractivity contribution in [2.24, 2.45) is 0 Å². The predicted octanol–water partition coefficient (Wildman–Crippen LogP) is -5.75. The second-order valence-corrected chi connectivity index (χ2v) is 1.41. The van der Waals surface area contributed by atoms with E-state index in [9.17, 15) is 0 Å². The zero-order chi connectivity index (χ0) is 4.50. The van der Waals surface area contributed by atoms with Crippen LogP contribution in [0.3, 0.4) is 0 Å². The molecule has 0 saturated heterocycles. The predicted molar refractivity (Wildman–Crippen MR) is 17.5 cm³/mol. The summed E-state index contributed by atoms with van der Waals surface area (Å²) in [5.74, 6) is 0. The van der Waals surface area contributed by atoms with Crippen LogP contribution in [-0.4, -0.2) is 48.1 Å². The van der Waals surface area contributed by atoms with Crippen molar-refractivity contribution in [3.8, 4) is 0 Å². The van der Waals surface area contributed by atoms with E-state index in [0.29, 0.717) is 0 Å².